The van der Waals surface area contributed by atoms with Crippen LogP contribution in [-0.2, 0) is 20.9 Å². The van der Waals surface area contributed by atoms with Crippen LogP contribution in [0.25, 0.3) is 0 Å². The van der Waals surface area contributed by atoms with Crippen LogP contribution in [-0.4, -0.2) is 12.1 Å². The van der Waals surface area contributed by atoms with E-state index < -0.39 is 6.10 Å². The van der Waals surface area contributed by atoms with E-state index in [2.05, 4.69) is 13.0 Å². The molecule has 0 saturated heterocycles. The number of esters is 1. The van der Waals surface area contributed by atoms with Gasteiger partial charge in [0, 0.05) is 12.3 Å². The van der Waals surface area contributed by atoms with Gasteiger partial charge in [-0.3, -0.25) is 0 Å². The molecule has 0 heterocycles. The van der Waals surface area contributed by atoms with Gasteiger partial charge in [0.15, 0.2) is 6.10 Å². The number of ether oxygens (including phenoxy) is 3. The van der Waals surface area contributed by atoms with E-state index in [1.165, 1.54) is 0 Å². The standard InChI is InChI=1S/C25H30O4/c1-18(2)24(29-22-14-12-19(3)13-15-22)25(26)27-17-20-8-7-11-23(16-20)28-21-9-5-4-6-10-21/h4-11,14,16,18-19,24H,12-13,15,17H2,1-3H3. The van der Waals surface area contributed by atoms with E-state index in [0.717, 1.165) is 36.3 Å². The maximum Gasteiger partial charge on any atom is 0.347 e. The zero-order valence-electron chi connectivity index (χ0n) is 17.5. The number of allylic oxidation sites excluding steroid dienone is 2. The molecule has 0 bridgehead atoms. The molecule has 2 aromatic rings. The van der Waals surface area contributed by atoms with Crippen molar-refractivity contribution < 1.29 is 19.0 Å². The minimum absolute atomic E-state index is 0.0375. The lowest BCUT2D eigenvalue weighted by molar-refractivity contribution is -0.159. The molecule has 0 N–H and O–H groups in total. The summed E-state index contributed by atoms with van der Waals surface area (Å²) in [6.07, 6.45) is 4.51. The minimum atomic E-state index is -0.585. The lowest BCUT2D eigenvalue weighted by Gasteiger charge is -2.25. The van der Waals surface area contributed by atoms with Gasteiger partial charge in [-0.1, -0.05) is 51.1 Å². The number of carbonyl (C=O) groups is 1. The van der Waals surface area contributed by atoms with Crippen molar-refractivity contribution in [3.05, 3.63) is 72.0 Å². The third-order valence-electron chi connectivity index (χ3n) is 5.01. The van der Waals surface area contributed by atoms with E-state index in [9.17, 15) is 4.79 Å². The van der Waals surface area contributed by atoms with Crippen molar-refractivity contribution in [3.63, 3.8) is 0 Å². The van der Waals surface area contributed by atoms with Gasteiger partial charge >= 0.3 is 5.97 Å². The molecular formula is C25H30O4. The maximum absolute atomic E-state index is 12.7. The molecule has 154 valence electrons. The lowest BCUT2D eigenvalue weighted by atomic mass is 9.95. The Morgan fingerprint density at radius 3 is 2.52 bits per heavy atom. The third-order valence-corrected chi connectivity index (χ3v) is 5.01. The molecule has 0 radical (unpaired) electrons. The van der Waals surface area contributed by atoms with Gasteiger partial charge in [0.25, 0.3) is 0 Å². The molecule has 4 nitrogen and oxygen atoms in total. The van der Waals surface area contributed by atoms with Gasteiger partial charge < -0.3 is 14.2 Å². The third kappa shape index (κ3) is 6.38. The lowest BCUT2D eigenvalue weighted by Crippen LogP contribution is -2.31. The predicted octanol–water partition coefficient (Wildman–Crippen LogP) is 6.27. The summed E-state index contributed by atoms with van der Waals surface area (Å²) in [7, 11) is 0. The molecule has 2 unspecified atom stereocenters. The molecule has 4 heteroatoms. The fourth-order valence-electron chi connectivity index (χ4n) is 3.23. The van der Waals surface area contributed by atoms with Crippen LogP contribution >= 0.6 is 0 Å². The molecular weight excluding hydrogens is 364 g/mol. The molecule has 0 amide bonds. The molecule has 0 aromatic heterocycles. The van der Waals surface area contributed by atoms with Crippen molar-refractivity contribution >= 4 is 5.97 Å². The zero-order chi connectivity index (χ0) is 20.6. The summed E-state index contributed by atoms with van der Waals surface area (Å²) >= 11 is 0. The van der Waals surface area contributed by atoms with Crippen molar-refractivity contribution in [1.29, 1.82) is 0 Å². The Balaban J connectivity index is 1.57. The fraction of sp³-hybridized carbons (Fsp3) is 0.400. The first-order chi connectivity index (χ1) is 14.0. The monoisotopic (exact) mass is 394 g/mol. The first kappa shape index (κ1) is 21.0. The zero-order valence-corrected chi connectivity index (χ0v) is 17.5. The highest BCUT2D eigenvalue weighted by molar-refractivity contribution is 5.75. The van der Waals surface area contributed by atoms with Crippen LogP contribution in [0.2, 0.25) is 0 Å². The summed E-state index contributed by atoms with van der Waals surface area (Å²) in [5.74, 6) is 2.78. The SMILES string of the molecule is CC1CC=C(OC(C(=O)OCc2cccc(Oc3ccccc3)c2)C(C)C)CC1. The molecule has 1 aliphatic rings. The summed E-state index contributed by atoms with van der Waals surface area (Å²) in [5, 5.41) is 0. The summed E-state index contributed by atoms with van der Waals surface area (Å²) in [4.78, 5) is 12.7. The molecule has 0 aliphatic heterocycles. The number of rotatable bonds is 8. The first-order valence-electron chi connectivity index (χ1n) is 10.4. The molecule has 3 rings (SSSR count). The minimum Gasteiger partial charge on any atom is -0.483 e. The molecule has 2 aromatic carbocycles. The van der Waals surface area contributed by atoms with Crippen LogP contribution < -0.4 is 4.74 Å². The number of hydrogen-bond donors (Lipinski definition) is 0. The van der Waals surface area contributed by atoms with E-state index in [1.54, 1.807) is 0 Å². The average Bonchev–Trinajstić information content (AvgIpc) is 2.72. The van der Waals surface area contributed by atoms with Crippen LogP contribution in [0.15, 0.2) is 66.4 Å². The second-order valence-electron chi connectivity index (χ2n) is 8.00. The van der Waals surface area contributed by atoms with E-state index in [1.807, 2.05) is 68.4 Å². The Morgan fingerprint density at radius 1 is 1.07 bits per heavy atom. The Labute approximate surface area is 173 Å². The van der Waals surface area contributed by atoms with Crippen LogP contribution in [0.5, 0.6) is 11.5 Å². The van der Waals surface area contributed by atoms with Crippen LogP contribution in [0.1, 0.15) is 45.6 Å². The summed E-state index contributed by atoms with van der Waals surface area (Å²) < 4.78 is 17.4. The van der Waals surface area contributed by atoms with Crippen LogP contribution in [0.3, 0.4) is 0 Å². The molecule has 1 aliphatic carbocycles. The Bertz CT molecular complexity index is 826. The van der Waals surface area contributed by atoms with E-state index in [4.69, 9.17) is 14.2 Å². The Morgan fingerprint density at radius 2 is 1.83 bits per heavy atom. The Hall–Kier alpha value is -2.75. The van der Waals surface area contributed by atoms with Crippen molar-refractivity contribution in [2.24, 2.45) is 11.8 Å². The topological polar surface area (TPSA) is 44.8 Å². The highest BCUT2D eigenvalue weighted by Crippen LogP contribution is 2.27. The van der Waals surface area contributed by atoms with Gasteiger partial charge in [0.2, 0.25) is 0 Å². The van der Waals surface area contributed by atoms with Crippen molar-refractivity contribution in [2.75, 3.05) is 0 Å². The first-order valence-corrected chi connectivity index (χ1v) is 10.4. The largest absolute Gasteiger partial charge is 0.483 e. The summed E-state index contributed by atoms with van der Waals surface area (Å²) in [6.45, 7) is 6.38. The number of hydrogen-bond acceptors (Lipinski definition) is 4. The number of benzene rings is 2. The van der Waals surface area contributed by atoms with Crippen LogP contribution in [0.4, 0.5) is 0 Å². The molecule has 0 fully saturated rings. The Kier molecular flexibility index (Phi) is 7.34. The van der Waals surface area contributed by atoms with Gasteiger partial charge in [-0.05, 0) is 54.7 Å². The quantitative estimate of drug-likeness (QED) is 0.495. The van der Waals surface area contributed by atoms with Crippen molar-refractivity contribution in [3.8, 4) is 11.5 Å². The second-order valence-corrected chi connectivity index (χ2v) is 8.00. The van der Waals surface area contributed by atoms with Gasteiger partial charge in [-0.2, -0.15) is 0 Å². The highest BCUT2D eigenvalue weighted by atomic mass is 16.6. The van der Waals surface area contributed by atoms with Gasteiger partial charge in [-0.15, -0.1) is 0 Å². The van der Waals surface area contributed by atoms with E-state index in [0.29, 0.717) is 11.7 Å². The van der Waals surface area contributed by atoms with Gasteiger partial charge in [-0.25, -0.2) is 4.79 Å². The predicted molar refractivity (Wildman–Crippen MR) is 114 cm³/mol. The molecule has 2 atom stereocenters. The van der Waals surface area contributed by atoms with Crippen molar-refractivity contribution in [2.45, 2.75) is 52.7 Å². The average molecular weight is 395 g/mol. The van der Waals surface area contributed by atoms with Crippen LogP contribution in [0, 0.1) is 11.8 Å². The summed E-state index contributed by atoms with van der Waals surface area (Å²) in [6, 6.07) is 17.2. The fourth-order valence-corrected chi connectivity index (χ4v) is 3.23. The van der Waals surface area contributed by atoms with Crippen molar-refractivity contribution in [1.82, 2.24) is 0 Å². The summed E-state index contributed by atoms with van der Waals surface area (Å²) in [5.41, 5.74) is 0.875. The smallest absolute Gasteiger partial charge is 0.347 e. The molecule has 29 heavy (non-hydrogen) atoms. The molecule has 0 saturated carbocycles. The van der Waals surface area contributed by atoms with E-state index in [-0.39, 0.29) is 18.5 Å². The number of para-hydroxylation sites is 1. The number of carbonyl (C=O) groups excluding carboxylic acids is 1. The second kappa shape index (κ2) is 10.1. The highest BCUT2D eigenvalue weighted by Gasteiger charge is 2.27. The van der Waals surface area contributed by atoms with E-state index >= 15 is 0 Å². The maximum atomic E-state index is 12.7. The normalized spacial score (nSPS) is 17.4. The van der Waals surface area contributed by atoms with Gasteiger partial charge in [0.05, 0.1) is 5.76 Å². The molecule has 0 spiro atoms. The van der Waals surface area contributed by atoms with Gasteiger partial charge in [0.1, 0.15) is 18.1 Å².